The molecule has 0 spiro atoms. The lowest BCUT2D eigenvalue weighted by molar-refractivity contribution is -0.117. The van der Waals surface area contributed by atoms with Gasteiger partial charge in [-0.15, -0.1) is 0 Å². The highest BCUT2D eigenvalue weighted by Crippen LogP contribution is 2.30. The number of anilines is 1. The molecule has 5 aromatic heterocycles. The van der Waals surface area contributed by atoms with E-state index in [0.29, 0.717) is 35.2 Å². The lowest BCUT2D eigenvalue weighted by Gasteiger charge is -2.20. The van der Waals surface area contributed by atoms with E-state index in [4.69, 9.17) is 0 Å². The average Bonchev–Trinajstić information content (AvgIpc) is 3.48. The molecule has 0 saturated heterocycles. The Morgan fingerprint density at radius 3 is 2.88 bits per heavy atom. The van der Waals surface area contributed by atoms with Crippen LogP contribution in [0.4, 0.5) is 5.69 Å². The fourth-order valence-electron chi connectivity index (χ4n) is 4.73. The second kappa shape index (κ2) is 8.66. The Kier molecular flexibility index (Phi) is 5.21. The van der Waals surface area contributed by atoms with Crippen molar-refractivity contribution in [2.24, 2.45) is 5.92 Å². The molecule has 1 saturated carbocycles. The molecule has 0 aliphatic heterocycles. The van der Waals surface area contributed by atoms with Gasteiger partial charge in [0.15, 0.2) is 11.5 Å². The number of hydrogen-bond donors (Lipinski definition) is 3. The number of pyridine rings is 3. The smallest absolute Gasteiger partial charge is 0.224 e. The van der Waals surface area contributed by atoms with E-state index in [1.54, 1.807) is 24.8 Å². The second-order valence-corrected chi connectivity index (χ2v) is 8.86. The van der Waals surface area contributed by atoms with Gasteiger partial charge in [0.2, 0.25) is 5.91 Å². The zero-order valence-corrected chi connectivity index (χ0v) is 18.6. The highest BCUT2D eigenvalue weighted by molar-refractivity contribution is 5.95. The number of carbonyl (C=O) groups excluding carboxylic acids is 1. The van der Waals surface area contributed by atoms with E-state index in [2.05, 4.69) is 40.4 Å². The van der Waals surface area contributed by atoms with Gasteiger partial charge in [-0.1, -0.05) is 19.3 Å². The number of carbonyl (C=O) groups is 1. The van der Waals surface area contributed by atoms with Crippen LogP contribution in [0.25, 0.3) is 44.8 Å². The third-order valence-electron chi connectivity index (χ3n) is 6.44. The molecule has 0 unspecified atom stereocenters. The Hall–Kier alpha value is -4.14. The molecule has 1 amide bonds. The van der Waals surface area contributed by atoms with Crippen LogP contribution >= 0.6 is 0 Å². The first kappa shape index (κ1) is 20.5. The van der Waals surface area contributed by atoms with Gasteiger partial charge < -0.3 is 10.3 Å². The van der Waals surface area contributed by atoms with E-state index in [1.807, 2.05) is 24.3 Å². The van der Waals surface area contributed by atoms with Crippen molar-refractivity contribution in [3.63, 3.8) is 0 Å². The SMILES string of the molecule is O=C(CC1CCCCC1)Nc1cncc(-c2cc3c(-c4nc5cccnc5[nH]4)n[nH]c3cn2)c1. The summed E-state index contributed by atoms with van der Waals surface area (Å²) < 4.78 is 0. The maximum Gasteiger partial charge on any atom is 0.224 e. The van der Waals surface area contributed by atoms with Gasteiger partial charge in [-0.3, -0.25) is 19.9 Å². The largest absolute Gasteiger partial charge is 0.325 e. The molecule has 34 heavy (non-hydrogen) atoms. The number of rotatable bonds is 5. The number of H-pyrrole nitrogens is 2. The summed E-state index contributed by atoms with van der Waals surface area (Å²) in [5.41, 5.74) is 5.22. The Bertz CT molecular complexity index is 1450. The van der Waals surface area contributed by atoms with Crippen molar-refractivity contribution in [3.05, 3.63) is 49.1 Å². The van der Waals surface area contributed by atoms with E-state index < -0.39 is 0 Å². The maximum absolute atomic E-state index is 12.6. The fourth-order valence-corrected chi connectivity index (χ4v) is 4.73. The van der Waals surface area contributed by atoms with Gasteiger partial charge in [0.1, 0.15) is 11.2 Å². The number of nitrogens with one attached hydrogen (secondary N) is 3. The van der Waals surface area contributed by atoms with Gasteiger partial charge >= 0.3 is 0 Å². The lowest BCUT2D eigenvalue weighted by atomic mass is 9.87. The third kappa shape index (κ3) is 4.00. The molecule has 3 N–H and O–H groups in total. The van der Waals surface area contributed by atoms with E-state index in [9.17, 15) is 4.79 Å². The first-order valence-electron chi connectivity index (χ1n) is 11.6. The number of nitrogens with zero attached hydrogens (tertiary/aromatic N) is 5. The summed E-state index contributed by atoms with van der Waals surface area (Å²) in [4.78, 5) is 33.6. The summed E-state index contributed by atoms with van der Waals surface area (Å²) in [5, 5.41) is 11.4. The molecule has 1 fully saturated rings. The lowest BCUT2D eigenvalue weighted by Crippen LogP contribution is -2.18. The third-order valence-corrected chi connectivity index (χ3v) is 6.44. The zero-order chi connectivity index (χ0) is 22.9. The summed E-state index contributed by atoms with van der Waals surface area (Å²) >= 11 is 0. The van der Waals surface area contributed by atoms with Crippen molar-refractivity contribution in [3.8, 4) is 22.8 Å². The van der Waals surface area contributed by atoms with Crippen molar-refractivity contribution in [2.45, 2.75) is 38.5 Å². The van der Waals surface area contributed by atoms with E-state index >= 15 is 0 Å². The van der Waals surface area contributed by atoms with Crippen LogP contribution < -0.4 is 5.32 Å². The van der Waals surface area contributed by atoms with Gasteiger partial charge in [-0.25, -0.2) is 9.97 Å². The summed E-state index contributed by atoms with van der Waals surface area (Å²) in [6, 6.07) is 7.62. The average molecular weight is 453 g/mol. The minimum atomic E-state index is 0.0462. The molecule has 0 radical (unpaired) electrons. The first-order valence-corrected chi connectivity index (χ1v) is 11.6. The first-order chi connectivity index (χ1) is 16.7. The molecule has 170 valence electrons. The summed E-state index contributed by atoms with van der Waals surface area (Å²) in [6.45, 7) is 0. The Labute approximate surface area is 195 Å². The topological polar surface area (TPSA) is 125 Å². The Morgan fingerprint density at radius 2 is 2.00 bits per heavy atom. The number of hydrogen-bond acceptors (Lipinski definition) is 6. The summed E-state index contributed by atoms with van der Waals surface area (Å²) in [6.07, 6.45) is 13.5. The number of amides is 1. The molecule has 5 aromatic rings. The number of aromatic amines is 2. The molecule has 5 heterocycles. The number of imidazole rings is 1. The van der Waals surface area contributed by atoms with Crippen LogP contribution in [0.3, 0.4) is 0 Å². The Balaban J connectivity index is 1.27. The van der Waals surface area contributed by atoms with Crippen LogP contribution in [0.5, 0.6) is 0 Å². The second-order valence-electron chi connectivity index (χ2n) is 8.86. The molecule has 0 atom stereocenters. The highest BCUT2D eigenvalue weighted by atomic mass is 16.1. The van der Waals surface area contributed by atoms with Crippen LogP contribution in [0.1, 0.15) is 38.5 Å². The number of fused-ring (bicyclic) bond motifs is 2. The van der Waals surface area contributed by atoms with Crippen LogP contribution in [0.15, 0.2) is 49.1 Å². The molecular formula is C25H24N8O. The van der Waals surface area contributed by atoms with Crippen molar-refractivity contribution >= 4 is 33.7 Å². The van der Waals surface area contributed by atoms with Crippen LogP contribution in [-0.2, 0) is 4.79 Å². The van der Waals surface area contributed by atoms with E-state index in [0.717, 1.165) is 40.5 Å². The zero-order valence-electron chi connectivity index (χ0n) is 18.6. The monoisotopic (exact) mass is 452 g/mol. The van der Waals surface area contributed by atoms with Crippen molar-refractivity contribution in [2.75, 3.05) is 5.32 Å². The minimum Gasteiger partial charge on any atom is -0.325 e. The normalized spacial score (nSPS) is 14.6. The summed E-state index contributed by atoms with van der Waals surface area (Å²) in [7, 11) is 0. The van der Waals surface area contributed by atoms with Gasteiger partial charge in [0, 0.05) is 29.8 Å². The fraction of sp³-hybridized carbons (Fsp3) is 0.280. The van der Waals surface area contributed by atoms with Gasteiger partial charge in [0.25, 0.3) is 0 Å². The van der Waals surface area contributed by atoms with E-state index in [-0.39, 0.29) is 5.91 Å². The van der Waals surface area contributed by atoms with Gasteiger partial charge in [-0.2, -0.15) is 5.10 Å². The molecule has 9 heteroatoms. The molecule has 6 rings (SSSR count). The molecule has 9 nitrogen and oxygen atoms in total. The standard InChI is InChI=1S/C25H24N8O/c34-22(9-15-5-2-1-3-6-15)29-17-10-16(12-26-13-17)20-11-18-21(14-28-20)32-33-23(18)25-30-19-7-4-8-27-24(19)31-25/h4,7-8,10-15H,1-3,5-6,9H2,(H,29,34)(H,32,33)(H,27,30,31). The molecular weight excluding hydrogens is 428 g/mol. The van der Waals surface area contributed by atoms with Crippen LogP contribution in [0, 0.1) is 5.92 Å². The van der Waals surface area contributed by atoms with E-state index in [1.165, 1.54) is 19.3 Å². The molecule has 1 aliphatic rings. The number of aromatic nitrogens is 7. The minimum absolute atomic E-state index is 0.0462. The summed E-state index contributed by atoms with van der Waals surface area (Å²) in [5.74, 6) is 1.17. The maximum atomic E-state index is 12.6. The quantitative estimate of drug-likeness (QED) is 0.349. The van der Waals surface area contributed by atoms with Gasteiger partial charge in [-0.05, 0) is 43.0 Å². The van der Waals surface area contributed by atoms with Crippen molar-refractivity contribution < 1.29 is 4.79 Å². The van der Waals surface area contributed by atoms with Crippen molar-refractivity contribution in [1.82, 2.24) is 35.1 Å². The molecule has 0 bridgehead atoms. The predicted molar refractivity (Wildman–Crippen MR) is 130 cm³/mol. The molecule has 0 aromatic carbocycles. The van der Waals surface area contributed by atoms with Crippen LogP contribution in [-0.4, -0.2) is 41.0 Å². The van der Waals surface area contributed by atoms with Crippen LogP contribution in [0.2, 0.25) is 0 Å². The predicted octanol–water partition coefficient (Wildman–Crippen LogP) is 4.87. The van der Waals surface area contributed by atoms with Crippen molar-refractivity contribution in [1.29, 1.82) is 0 Å². The highest BCUT2D eigenvalue weighted by Gasteiger charge is 2.18. The van der Waals surface area contributed by atoms with Gasteiger partial charge in [0.05, 0.1) is 29.3 Å². The molecule has 1 aliphatic carbocycles. The Morgan fingerprint density at radius 1 is 1.09 bits per heavy atom.